The van der Waals surface area contributed by atoms with E-state index in [1.165, 1.54) is 12.4 Å². The second kappa shape index (κ2) is 6.29. The van der Waals surface area contributed by atoms with Crippen LogP contribution in [-0.4, -0.2) is 21.3 Å². The molecule has 1 N–H and O–H groups in total. The largest absolute Gasteiger partial charge is 0.483 e. The van der Waals surface area contributed by atoms with Crippen molar-refractivity contribution in [1.29, 1.82) is 0 Å². The van der Waals surface area contributed by atoms with Crippen molar-refractivity contribution >= 4 is 0 Å². The molecule has 0 spiro atoms. The molecule has 0 bridgehead atoms. The molecule has 19 heavy (non-hydrogen) atoms. The Morgan fingerprint density at radius 2 is 2.26 bits per heavy atom. The molecule has 2 rings (SSSR count). The van der Waals surface area contributed by atoms with Crippen molar-refractivity contribution in [3.05, 3.63) is 41.7 Å². The highest BCUT2D eigenvalue weighted by molar-refractivity contribution is 5.29. The van der Waals surface area contributed by atoms with Gasteiger partial charge in [-0.25, -0.2) is 9.37 Å². The highest BCUT2D eigenvalue weighted by Crippen LogP contribution is 2.19. The molecule has 1 aromatic carbocycles. The Hall–Kier alpha value is -1.95. The van der Waals surface area contributed by atoms with Crippen molar-refractivity contribution in [1.82, 2.24) is 20.1 Å². The van der Waals surface area contributed by atoms with Crippen LogP contribution in [0.25, 0.3) is 0 Å². The first-order valence-corrected chi connectivity index (χ1v) is 6.15. The van der Waals surface area contributed by atoms with E-state index >= 15 is 0 Å². The standard InChI is InChI=1S/C13H17FN4O/c1-3-15-7-10-4-5-12(11(14)6-10)19-8-13-16-9-17-18(13)2/h4-6,9,15H,3,7-8H2,1-2H3. The molecular formula is C13H17FN4O. The zero-order chi connectivity index (χ0) is 13.7. The lowest BCUT2D eigenvalue weighted by Gasteiger charge is -2.08. The molecule has 0 saturated heterocycles. The molecule has 0 radical (unpaired) electrons. The van der Waals surface area contributed by atoms with Crippen LogP contribution in [-0.2, 0) is 20.2 Å². The van der Waals surface area contributed by atoms with Crippen molar-refractivity contribution in [2.75, 3.05) is 6.54 Å². The van der Waals surface area contributed by atoms with Crippen LogP contribution in [0.5, 0.6) is 5.75 Å². The number of aryl methyl sites for hydroxylation is 1. The predicted molar refractivity (Wildman–Crippen MR) is 69.1 cm³/mol. The Kier molecular flexibility index (Phi) is 4.46. The molecule has 0 fully saturated rings. The van der Waals surface area contributed by atoms with Gasteiger partial charge in [-0.3, -0.25) is 4.68 Å². The van der Waals surface area contributed by atoms with Crippen molar-refractivity contribution in [3.8, 4) is 5.75 Å². The van der Waals surface area contributed by atoms with E-state index in [0.29, 0.717) is 12.4 Å². The fourth-order valence-electron chi connectivity index (χ4n) is 1.63. The van der Waals surface area contributed by atoms with Crippen LogP contribution < -0.4 is 10.1 Å². The maximum Gasteiger partial charge on any atom is 0.165 e. The summed E-state index contributed by atoms with van der Waals surface area (Å²) in [5.74, 6) is 0.511. The minimum atomic E-state index is -0.363. The van der Waals surface area contributed by atoms with Gasteiger partial charge < -0.3 is 10.1 Å². The van der Waals surface area contributed by atoms with E-state index in [4.69, 9.17) is 4.74 Å². The van der Waals surface area contributed by atoms with Gasteiger partial charge in [-0.2, -0.15) is 5.10 Å². The van der Waals surface area contributed by atoms with E-state index in [1.54, 1.807) is 17.8 Å². The summed E-state index contributed by atoms with van der Waals surface area (Å²) in [7, 11) is 1.77. The van der Waals surface area contributed by atoms with Gasteiger partial charge in [-0.15, -0.1) is 0 Å². The molecule has 1 aromatic heterocycles. The lowest BCUT2D eigenvalue weighted by Crippen LogP contribution is -2.12. The first-order chi connectivity index (χ1) is 9.20. The first kappa shape index (κ1) is 13.5. The van der Waals surface area contributed by atoms with Crippen molar-refractivity contribution < 1.29 is 9.13 Å². The van der Waals surface area contributed by atoms with Gasteiger partial charge in [-0.05, 0) is 24.2 Å². The van der Waals surface area contributed by atoms with E-state index in [2.05, 4.69) is 15.4 Å². The van der Waals surface area contributed by atoms with Gasteiger partial charge in [0, 0.05) is 13.6 Å². The summed E-state index contributed by atoms with van der Waals surface area (Å²) < 4.78 is 20.8. The Balaban J connectivity index is 1.99. The molecule has 0 saturated carbocycles. The second-order valence-corrected chi connectivity index (χ2v) is 4.13. The van der Waals surface area contributed by atoms with Crippen LogP contribution in [0.2, 0.25) is 0 Å². The average molecular weight is 264 g/mol. The molecule has 5 nitrogen and oxygen atoms in total. The predicted octanol–water partition coefficient (Wildman–Crippen LogP) is 1.64. The minimum Gasteiger partial charge on any atom is -0.483 e. The van der Waals surface area contributed by atoms with Crippen molar-refractivity contribution in [3.63, 3.8) is 0 Å². The maximum absolute atomic E-state index is 13.8. The highest BCUT2D eigenvalue weighted by atomic mass is 19.1. The average Bonchev–Trinajstić information content (AvgIpc) is 2.81. The van der Waals surface area contributed by atoms with Crippen molar-refractivity contribution in [2.45, 2.75) is 20.1 Å². The molecule has 102 valence electrons. The molecular weight excluding hydrogens is 247 g/mol. The Morgan fingerprint density at radius 3 is 2.89 bits per heavy atom. The van der Waals surface area contributed by atoms with Gasteiger partial charge in [0.05, 0.1) is 0 Å². The third-order valence-electron chi connectivity index (χ3n) is 2.74. The van der Waals surface area contributed by atoms with Gasteiger partial charge in [-0.1, -0.05) is 13.0 Å². The van der Waals surface area contributed by atoms with Crippen LogP contribution in [0, 0.1) is 5.82 Å². The molecule has 0 unspecified atom stereocenters. The number of ether oxygens (including phenoxy) is 1. The zero-order valence-electron chi connectivity index (χ0n) is 11.1. The van der Waals surface area contributed by atoms with Crippen molar-refractivity contribution in [2.24, 2.45) is 7.05 Å². The van der Waals surface area contributed by atoms with E-state index < -0.39 is 0 Å². The van der Waals surface area contributed by atoms with Gasteiger partial charge in [0.1, 0.15) is 12.9 Å². The van der Waals surface area contributed by atoms with E-state index in [1.807, 2.05) is 13.0 Å². The molecule has 0 aliphatic heterocycles. The first-order valence-electron chi connectivity index (χ1n) is 6.15. The number of hydrogen-bond donors (Lipinski definition) is 1. The molecule has 0 aliphatic carbocycles. The lowest BCUT2D eigenvalue weighted by molar-refractivity contribution is 0.275. The van der Waals surface area contributed by atoms with Gasteiger partial charge in [0.2, 0.25) is 0 Å². The highest BCUT2D eigenvalue weighted by Gasteiger charge is 2.07. The zero-order valence-corrected chi connectivity index (χ0v) is 11.1. The summed E-state index contributed by atoms with van der Waals surface area (Å²) >= 11 is 0. The van der Waals surface area contributed by atoms with E-state index in [9.17, 15) is 4.39 Å². The maximum atomic E-state index is 13.8. The minimum absolute atomic E-state index is 0.194. The third-order valence-corrected chi connectivity index (χ3v) is 2.74. The summed E-state index contributed by atoms with van der Waals surface area (Å²) in [6.45, 7) is 3.71. The molecule has 0 amide bonds. The van der Waals surface area contributed by atoms with Crippen LogP contribution in [0.15, 0.2) is 24.5 Å². The normalized spacial score (nSPS) is 10.7. The van der Waals surface area contributed by atoms with Gasteiger partial charge >= 0.3 is 0 Å². The quantitative estimate of drug-likeness (QED) is 0.862. The third kappa shape index (κ3) is 3.51. The SMILES string of the molecule is CCNCc1ccc(OCc2ncnn2C)c(F)c1. The Bertz CT molecular complexity index is 541. The summed E-state index contributed by atoms with van der Waals surface area (Å²) in [6.07, 6.45) is 1.44. The van der Waals surface area contributed by atoms with Crippen LogP contribution >= 0.6 is 0 Å². The molecule has 2 aromatic rings. The number of nitrogens with zero attached hydrogens (tertiary/aromatic N) is 3. The van der Waals surface area contributed by atoms with E-state index in [0.717, 1.165) is 12.1 Å². The number of aromatic nitrogens is 3. The van der Waals surface area contributed by atoms with Gasteiger partial charge in [0.25, 0.3) is 0 Å². The summed E-state index contributed by atoms with van der Waals surface area (Å²) in [6, 6.07) is 4.96. The Labute approximate surface area is 111 Å². The van der Waals surface area contributed by atoms with E-state index in [-0.39, 0.29) is 18.2 Å². The topological polar surface area (TPSA) is 52.0 Å². The number of halogens is 1. The summed E-state index contributed by atoms with van der Waals surface area (Å²) in [5, 5.41) is 7.07. The molecule has 6 heteroatoms. The summed E-state index contributed by atoms with van der Waals surface area (Å²) in [4.78, 5) is 4.01. The number of nitrogens with one attached hydrogen (secondary N) is 1. The summed E-state index contributed by atoms with van der Waals surface area (Å²) in [5.41, 5.74) is 0.894. The van der Waals surface area contributed by atoms with Gasteiger partial charge in [0.15, 0.2) is 17.4 Å². The Morgan fingerprint density at radius 1 is 1.42 bits per heavy atom. The lowest BCUT2D eigenvalue weighted by atomic mass is 10.2. The fraction of sp³-hybridized carbons (Fsp3) is 0.385. The molecule has 0 atom stereocenters. The smallest absolute Gasteiger partial charge is 0.165 e. The van der Waals surface area contributed by atoms with Crippen LogP contribution in [0.4, 0.5) is 4.39 Å². The number of hydrogen-bond acceptors (Lipinski definition) is 4. The monoisotopic (exact) mass is 264 g/mol. The molecule has 1 heterocycles. The van der Waals surface area contributed by atoms with Crippen LogP contribution in [0.3, 0.4) is 0 Å². The number of rotatable bonds is 6. The molecule has 0 aliphatic rings. The number of benzene rings is 1. The van der Waals surface area contributed by atoms with Crippen LogP contribution in [0.1, 0.15) is 18.3 Å². The fourth-order valence-corrected chi connectivity index (χ4v) is 1.63. The second-order valence-electron chi connectivity index (χ2n) is 4.13.